The molecule has 1 aliphatic rings. The predicted octanol–water partition coefficient (Wildman–Crippen LogP) is 2.68. The SMILES string of the molecule is CN=C(NCC(C)Oc1ccccc1)NC1CCN(c2ccccn2)CC1. The van der Waals surface area contributed by atoms with Gasteiger partial charge in [0.15, 0.2) is 5.96 Å². The number of ether oxygens (including phenoxy) is 1. The molecule has 1 atom stereocenters. The van der Waals surface area contributed by atoms with Gasteiger partial charge in [-0.3, -0.25) is 4.99 Å². The van der Waals surface area contributed by atoms with Gasteiger partial charge in [-0.2, -0.15) is 0 Å². The number of rotatable bonds is 6. The van der Waals surface area contributed by atoms with Crippen molar-refractivity contribution in [1.29, 1.82) is 0 Å². The first kappa shape index (κ1) is 19.0. The van der Waals surface area contributed by atoms with Crippen molar-refractivity contribution >= 4 is 11.8 Å². The van der Waals surface area contributed by atoms with Crippen LogP contribution in [0.2, 0.25) is 0 Å². The molecule has 27 heavy (non-hydrogen) atoms. The largest absolute Gasteiger partial charge is 0.489 e. The van der Waals surface area contributed by atoms with E-state index in [0.29, 0.717) is 12.6 Å². The number of pyridine rings is 1. The number of nitrogens with one attached hydrogen (secondary N) is 2. The number of guanidine groups is 1. The number of aromatic nitrogens is 1. The van der Waals surface area contributed by atoms with Gasteiger partial charge in [-0.05, 0) is 44.0 Å². The molecule has 0 spiro atoms. The van der Waals surface area contributed by atoms with Gasteiger partial charge >= 0.3 is 0 Å². The van der Waals surface area contributed by atoms with Crippen molar-refractivity contribution in [2.24, 2.45) is 4.99 Å². The van der Waals surface area contributed by atoms with E-state index in [1.165, 1.54) is 0 Å². The van der Waals surface area contributed by atoms with Crippen molar-refractivity contribution in [1.82, 2.24) is 15.6 Å². The van der Waals surface area contributed by atoms with Crippen molar-refractivity contribution in [2.45, 2.75) is 31.9 Å². The molecule has 1 saturated heterocycles. The van der Waals surface area contributed by atoms with Crippen LogP contribution < -0.4 is 20.3 Å². The molecular formula is C21H29N5O. The summed E-state index contributed by atoms with van der Waals surface area (Å²) in [7, 11) is 1.81. The van der Waals surface area contributed by atoms with Gasteiger partial charge in [-0.15, -0.1) is 0 Å². The number of para-hydroxylation sites is 1. The summed E-state index contributed by atoms with van der Waals surface area (Å²) in [5.41, 5.74) is 0. The molecule has 1 aromatic heterocycles. The van der Waals surface area contributed by atoms with Gasteiger partial charge in [0.2, 0.25) is 0 Å². The molecule has 1 unspecified atom stereocenters. The molecule has 0 saturated carbocycles. The molecule has 0 aliphatic carbocycles. The summed E-state index contributed by atoms with van der Waals surface area (Å²) < 4.78 is 5.90. The first-order valence-electron chi connectivity index (χ1n) is 9.59. The second-order valence-corrected chi connectivity index (χ2v) is 6.79. The molecule has 144 valence electrons. The second kappa shape index (κ2) is 9.80. The van der Waals surface area contributed by atoms with Crippen LogP contribution in [0.25, 0.3) is 0 Å². The number of benzene rings is 1. The van der Waals surface area contributed by atoms with Gasteiger partial charge in [-0.25, -0.2) is 4.98 Å². The predicted molar refractivity (Wildman–Crippen MR) is 111 cm³/mol. The summed E-state index contributed by atoms with van der Waals surface area (Å²) in [6.45, 7) is 4.75. The van der Waals surface area contributed by atoms with E-state index in [2.05, 4.69) is 38.5 Å². The molecule has 6 heteroatoms. The van der Waals surface area contributed by atoms with Crippen molar-refractivity contribution in [2.75, 3.05) is 31.6 Å². The maximum Gasteiger partial charge on any atom is 0.191 e. The van der Waals surface area contributed by atoms with Gasteiger partial charge in [-0.1, -0.05) is 24.3 Å². The molecule has 2 N–H and O–H groups in total. The molecule has 2 heterocycles. The zero-order valence-electron chi connectivity index (χ0n) is 16.1. The number of nitrogens with zero attached hydrogens (tertiary/aromatic N) is 3. The lowest BCUT2D eigenvalue weighted by Crippen LogP contribution is -2.50. The quantitative estimate of drug-likeness (QED) is 0.607. The molecule has 2 aromatic rings. The third-order valence-corrected chi connectivity index (χ3v) is 4.67. The lowest BCUT2D eigenvalue weighted by molar-refractivity contribution is 0.223. The van der Waals surface area contributed by atoms with Gasteiger partial charge in [0, 0.05) is 32.4 Å². The molecule has 0 bridgehead atoms. The van der Waals surface area contributed by atoms with Crippen molar-refractivity contribution in [3.05, 3.63) is 54.7 Å². The lowest BCUT2D eigenvalue weighted by atomic mass is 10.1. The highest BCUT2D eigenvalue weighted by atomic mass is 16.5. The van der Waals surface area contributed by atoms with Crippen molar-refractivity contribution in [3.63, 3.8) is 0 Å². The Hall–Kier alpha value is -2.76. The highest BCUT2D eigenvalue weighted by Crippen LogP contribution is 2.17. The van der Waals surface area contributed by atoms with Crippen LogP contribution in [-0.4, -0.2) is 49.8 Å². The molecular weight excluding hydrogens is 338 g/mol. The Kier molecular flexibility index (Phi) is 6.90. The topological polar surface area (TPSA) is 61.8 Å². The summed E-state index contributed by atoms with van der Waals surface area (Å²) in [4.78, 5) is 11.1. The van der Waals surface area contributed by atoms with Crippen LogP contribution >= 0.6 is 0 Å². The van der Waals surface area contributed by atoms with E-state index in [9.17, 15) is 0 Å². The minimum Gasteiger partial charge on any atom is -0.489 e. The first-order chi connectivity index (χ1) is 13.2. The summed E-state index contributed by atoms with van der Waals surface area (Å²) in [5.74, 6) is 2.77. The van der Waals surface area contributed by atoms with Crippen LogP contribution in [0.3, 0.4) is 0 Å². The number of hydrogen-bond donors (Lipinski definition) is 2. The second-order valence-electron chi connectivity index (χ2n) is 6.79. The average molecular weight is 367 g/mol. The van der Waals surface area contributed by atoms with Gasteiger partial charge < -0.3 is 20.3 Å². The van der Waals surface area contributed by atoms with Crippen LogP contribution in [0.4, 0.5) is 5.82 Å². The summed E-state index contributed by atoms with van der Waals surface area (Å²) in [5, 5.41) is 6.90. The summed E-state index contributed by atoms with van der Waals surface area (Å²) in [6, 6.07) is 16.4. The zero-order valence-corrected chi connectivity index (χ0v) is 16.1. The molecule has 1 aromatic carbocycles. The number of piperidine rings is 1. The Morgan fingerprint density at radius 3 is 2.59 bits per heavy atom. The van der Waals surface area contributed by atoms with Crippen LogP contribution in [0, 0.1) is 0 Å². The normalized spacial score (nSPS) is 16.7. The van der Waals surface area contributed by atoms with E-state index in [1.54, 1.807) is 7.05 Å². The van der Waals surface area contributed by atoms with E-state index in [-0.39, 0.29) is 6.10 Å². The van der Waals surface area contributed by atoms with Gasteiger partial charge in [0.25, 0.3) is 0 Å². The van der Waals surface area contributed by atoms with E-state index < -0.39 is 0 Å². The lowest BCUT2D eigenvalue weighted by Gasteiger charge is -2.33. The molecule has 1 aliphatic heterocycles. The molecule has 1 fully saturated rings. The zero-order chi connectivity index (χ0) is 18.9. The number of hydrogen-bond acceptors (Lipinski definition) is 4. The fraction of sp³-hybridized carbons (Fsp3) is 0.429. The highest BCUT2D eigenvalue weighted by molar-refractivity contribution is 5.80. The fourth-order valence-electron chi connectivity index (χ4n) is 3.20. The average Bonchev–Trinajstić information content (AvgIpc) is 2.73. The van der Waals surface area contributed by atoms with Gasteiger partial charge in [0.1, 0.15) is 17.7 Å². The Balaban J connectivity index is 1.40. The molecule has 6 nitrogen and oxygen atoms in total. The van der Waals surface area contributed by atoms with Crippen LogP contribution in [0.15, 0.2) is 59.7 Å². The van der Waals surface area contributed by atoms with Crippen molar-refractivity contribution in [3.8, 4) is 5.75 Å². The van der Waals surface area contributed by atoms with E-state index >= 15 is 0 Å². The highest BCUT2D eigenvalue weighted by Gasteiger charge is 2.20. The van der Waals surface area contributed by atoms with Crippen molar-refractivity contribution < 1.29 is 4.74 Å². The van der Waals surface area contributed by atoms with E-state index in [4.69, 9.17) is 4.74 Å². The Bertz CT molecular complexity index is 699. The number of aliphatic imine (C=N–C) groups is 1. The third kappa shape index (κ3) is 5.88. The maximum atomic E-state index is 5.90. The van der Waals surface area contributed by atoms with E-state index in [0.717, 1.165) is 43.5 Å². The Labute approximate surface area is 161 Å². The first-order valence-corrected chi connectivity index (χ1v) is 9.59. The van der Waals surface area contributed by atoms with Crippen LogP contribution in [0.5, 0.6) is 5.75 Å². The number of anilines is 1. The van der Waals surface area contributed by atoms with E-state index in [1.807, 2.05) is 48.7 Å². The minimum atomic E-state index is 0.0527. The van der Waals surface area contributed by atoms with Crippen LogP contribution in [-0.2, 0) is 0 Å². The standard InChI is InChI=1S/C21H29N5O/c1-17(27-19-8-4-3-5-9-19)16-24-21(22-2)25-18-11-14-26(15-12-18)20-10-6-7-13-23-20/h3-10,13,17-18H,11-12,14-16H2,1-2H3,(H2,22,24,25). The minimum absolute atomic E-state index is 0.0527. The Morgan fingerprint density at radius 2 is 1.93 bits per heavy atom. The van der Waals surface area contributed by atoms with Crippen LogP contribution in [0.1, 0.15) is 19.8 Å². The van der Waals surface area contributed by atoms with Gasteiger partial charge in [0.05, 0.1) is 6.54 Å². The summed E-state index contributed by atoms with van der Waals surface area (Å²) in [6.07, 6.45) is 4.03. The maximum absolute atomic E-state index is 5.90. The third-order valence-electron chi connectivity index (χ3n) is 4.67. The Morgan fingerprint density at radius 1 is 1.19 bits per heavy atom. The monoisotopic (exact) mass is 367 g/mol. The molecule has 0 radical (unpaired) electrons. The smallest absolute Gasteiger partial charge is 0.191 e. The molecule has 3 rings (SSSR count). The summed E-state index contributed by atoms with van der Waals surface area (Å²) >= 11 is 0. The molecule has 0 amide bonds. The fourth-order valence-corrected chi connectivity index (χ4v) is 3.20.